The van der Waals surface area contributed by atoms with E-state index in [9.17, 15) is 13.2 Å². The molecule has 0 saturated carbocycles. The molecule has 0 fully saturated rings. The molecule has 3 rings (SSSR count). The van der Waals surface area contributed by atoms with Crippen molar-refractivity contribution in [2.24, 2.45) is 0 Å². The molecule has 11 heteroatoms. The van der Waals surface area contributed by atoms with Crippen LogP contribution in [0.5, 0.6) is 11.5 Å². The highest BCUT2D eigenvalue weighted by atomic mass is 35.5. The number of carbonyl (C=O) groups excluding carboxylic acids is 1. The second-order valence-electron chi connectivity index (χ2n) is 8.02. The molecule has 0 aliphatic heterocycles. The third kappa shape index (κ3) is 7.70. The van der Waals surface area contributed by atoms with Gasteiger partial charge in [0.05, 0.1) is 34.8 Å². The molecule has 198 valence electrons. The minimum absolute atomic E-state index is 0.0179. The lowest BCUT2D eigenvalue weighted by Crippen LogP contribution is -2.41. The van der Waals surface area contributed by atoms with E-state index in [-0.39, 0.29) is 17.2 Å². The van der Waals surface area contributed by atoms with E-state index in [2.05, 4.69) is 5.32 Å². The first kappa shape index (κ1) is 29.0. The topological polar surface area (TPSA) is 84.9 Å². The molecule has 3 aromatic rings. The van der Waals surface area contributed by atoms with Crippen LogP contribution >= 0.6 is 35.0 Å². The number of aryl methyl sites for hydroxylation is 1. The van der Waals surface area contributed by atoms with Crippen LogP contribution in [0.3, 0.4) is 0 Å². The van der Waals surface area contributed by atoms with E-state index >= 15 is 0 Å². The molecule has 1 amide bonds. The van der Waals surface area contributed by atoms with Crippen LogP contribution < -0.4 is 19.1 Å². The fraction of sp³-hybridized carbons (Fsp3) is 0.269. The normalized spacial score (nSPS) is 11.2. The number of benzene rings is 3. The van der Waals surface area contributed by atoms with E-state index in [1.54, 1.807) is 42.1 Å². The first-order chi connectivity index (χ1) is 17.6. The first-order valence-corrected chi connectivity index (χ1v) is 14.6. The number of carbonyl (C=O) groups is 1. The Morgan fingerprint density at radius 1 is 0.946 bits per heavy atom. The fourth-order valence-electron chi connectivity index (χ4n) is 3.40. The second kappa shape index (κ2) is 13.3. The van der Waals surface area contributed by atoms with Crippen LogP contribution in [0.25, 0.3) is 0 Å². The van der Waals surface area contributed by atoms with Gasteiger partial charge in [-0.3, -0.25) is 9.10 Å². The Morgan fingerprint density at radius 3 is 2.30 bits per heavy atom. The minimum Gasteiger partial charge on any atom is -0.493 e. The molecular formula is C26H28Cl2N2O5S2. The Hall–Kier alpha value is -2.59. The minimum atomic E-state index is -4.09. The highest BCUT2D eigenvalue weighted by Gasteiger charge is 2.28. The molecule has 0 saturated heterocycles. The van der Waals surface area contributed by atoms with Gasteiger partial charge in [0.25, 0.3) is 10.0 Å². The van der Waals surface area contributed by atoms with Crippen LogP contribution in [0.4, 0.5) is 5.69 Å². The Morgan fingerprint density at radius 2 is 1.65 bits per heavy atom. The molecule has 37 heavy (non-hydrogen) atoms. The number of ether oxygens (including phenoxy) is 2. The maximum atomic E-state index is 13.6. The molecule has 0 bridgehead atoms. The van der Waals surface area contributed by atoms with Gasteiger partial charge >= 0.3 is 0 Å². The van der Waals surface area contributed by atoms with Crippen molar-refractivity contribution in [3.05, 3.63) is 81.8 Å². The van der Waals surface area contributed by atoms with Crippen LogP contribution in [-0.4, -0.2) is 47.4 Å². The number of nitrogens with zero attached hydrogens (tertiary/aromatic N) is 1. The van der Waals surface area contributed by atoms with Crippen LogP contribution in [-0.2, 0) is 20.6 Å². The van der Waals surface area contributed by atoms with Gasteiger partial charge in [-0.2, -0.15) is 11.8 Å². The number of methoxy groups -OCH3 is 2. The predicted octanol–water partition coefficient (Wildman–Crippen LogP) is 5.56. The quantitative estimate of drug-likeness (QED) is 0.281. The van der Waals surface area contributed by atoms with Crippen molar-refractivity contribution in [3.8, 4) is 11.5 Å². The summed E-state index contributed by atoms with van der Waals surface area (Å²) in [5, 5.41) is 3.81. The zero-order chi connectivity index (χ0) is 27.0. The summed E-state index contributed by atoms with van der Waals surface area (Å²) in [6.07, 6.45) is 0. The molecule has 0 aliphatic rings. The molecule has 0 unspecified atom stereocenters. The Kier molecular flexibility index (Phi) is 10.4. The summed E-state index contributed by atoms with van der Waals surface area (Å²) in [5.74, 6) is 1.60. The number of hydrogen-bond acceptors (Lipinski definition) is 6. The molecule has 0 atom stereocenters. The van der Waals surface area contributed by atoms with Gasteiger partial charge in [0, 0.05) is 24.1 Å². The fourth-order valence-corrected chi connectivity index (χ4v) is 5.96. The van der Waals surface area contributed by atoms with Gasteiger partial charge in [-0.05, 0) is 48.9 Å². The summed E-state index contributed by atoms with van der Waals surface area (Å²) in [7, 11) is -1.19. The third-order valence-electron chi connectivity index (χ3n) is 5.37. The van der Waals surface area contributed by atoms with Crippen LogP contribution in [0.15, 0.2) is 65.6 Å². The summed E-state index contributed by atoms with van der Waals surface area (Å²) >= 11 is 13.6. The van der Waals surface area contributed by atoms with Crippen LogP contribution in [0.2, 0.25) is 10.0 Å². The highest BCUT2D eigenvalue weighted by Crippen LogP contribution is 2.32. The van der Waals surface area contributed by atoms with Gasteiger partial charge in [-0.25, -0.2) is 8.42 Å². The van der Waals surface area contributed by atoms with Gasteiger partial charge < -0.3 is 14.8 Å². The van der Waals surface area contributed by atoms with Crippen LogP contribution in [0.1, 0.15) is 11.1 Å². The summed E-state index contributed by atoms with van der Waals surface area (Å²) in [4.78, 5) is 12.8. The molecule has 0 aromatic heterocycles. The van der Waals surface area contributed by atoms with Gasteiger partial charge in [0.2, 0.25) is 5.91 Å². The van der Waals surface area contributed by atoms with E-state index in [1.807, 2.05) is 19.1 Å². The zero-order valence-corrected chi connectivity index (χ0v) is 23.8. The molecule has 0 radical (unpaired) electrons. The van der Waals surface area contributed by atoms with E-state index < -0.39 is 15.9 Å². The molecule has 0 heterocycles. The summed E-state index contributed by atoms with van der Waals surface area (Å²) in [6, 6.07) is 16.7. The molecule has 7 nitrogen and oxygen atoms in total. The SMILES string of the molecule is COc1ccc(S(=O)(=O)N(CC(=O)NCCSCc2ccc(Cl)c(Cl)c2)c2ccc(C)cc2)cc1OC. The second-order valence-corrected chi connectivity index (χ2v) is 11.8. The van der Waals surface area contributed by atoms with Crippen molar-refractivity contribution in [1.29, 1.82) is 0 Å². The third-order valence-corrected chi connectivity index (χ3v) is 8.91. The molecule has 0 spiro atoms. The number of anilines is 1. The lowest BCUT2D eigenvalue weighted by Gasteiger charge is -2.24. The van der Waals surface area contributed by atoms with Crippen molar-refractivity contribution in [2.45, 2.75) is 17.6 Å². The number of halogens is 2. The zero-order valence-electron chi connectivity index (χ0n) is 20.7. The van der Waals surface area contributed by atoms with Gasteiger partial charge in [0.1, 0.15) is 6.54 Å². The van der Waals surface area contributed by atoms with E-state index in [4.69, 9.17) is 32.7 Å². The monoisotopic (exact) mass is 582 g/mol. The lowest BCUT2D eigenvalue weighted by atomic mass is 10.2. The highest BCUT2D eigenvalue weighted by molar-refractivity contribution is 7.98. The smallest absolute Gasteiger partial charge is 0.264 e. The van der Waals surface area contributed by atoms with E-state index in [0.29, 0.717) is 39.5 Å². The number of thioether (sulfide) groups is 1. The average Bonchev–Trinajstić information content (AvgIpc) is 2.89. The molecule has 3 aromatic carbocycles. The first-order valence-electron chi connectivity index (χ1n) is 11.3. The van der Waals surface area contributed by atoms with Crippen molar-refractivity contribution >= 4 is 56.6 Å². The number of hydrogen-bond donors (Lipinski definition) is 1. The predicted molar refractivity (Wildman–Crippen MR) is 151 cm³/mol. The number of nitrogens with one attached hydrogen (secondary N) is 1. The van der Waals surface area contributed by atoms with Crippen molar-refractivity contribution < 1.29 is 22.7 Å². The average molecular weight is 584 g/mol. The van der Waals surface area contributed by atoms with Gasteiger partial charge in [0.15, 0.2) is 11.5 Å². The van der Waals surface area contributed by atoms with Gasteiger partial charge in [-0.1, -0.05) is 47.0 Å². The van der Waals surface area contributed by atoms with Gasteiger partial charge in [-0.15, -0.1) is 0 Å². The van der Waals surface area contributed by atoms with E-state index in [0.717, 1.165) is 15.4 Å². The summed E-state index contributed by atoms with van der Waals surface area (Å²) in [5.41, 5.74) is 2.37. The largest absolute Gasteiger partial charge is 0.493 e. The lowest BCUT2D eigenvalue weighted by molar-refractivity contribution is -0.119. The molecule has 1 N–H and O–H groups in total. The summed E-state index contributed by atoms with van der Waals surface area (Å²) < 4.78 is 38.8. The van der Waals surface area contributed by atoms with E-state index in [1.165, 1.54) is 32.4 Å². The Balaban J connectivity index is 1.69. The maximum Gasteiger partial charge on any atom is 0.264 e. The van der Waals surface area contributed by atoms with Crippen molar-refractivity contribution in [1.82, 2.24) is 5.32 Å². The van der Waals surface area contributed by atoms with Crippen LogP contribution in [0, 0.1) is 6.92 Å². The number of amides is 1. The van der Waals surface area contributed by atoms with Crippen molar-refractivity contribution in [3.63, 3.8) is 0 Å². The maximum absolute atomic E-state index is 13.6. The Bertz CT molecular complexity index is 1340. The number of rotatable bonds is 12. The molecule has 0 aliphatic carbocycles. The standard InChI is InChI=1S/C26H28Cl2N2O5S2/c1-18-4-7-20(8-5-18)30(37(32,33)21-9-11-24(34-2)25(15-21)35-3)16-26(31)29-12-13-36-17-19-6-10-22(27)23(28)14-19/h4-11,14-15H,12-13,16-17H2,1-3H3,(H,29,31). The van der Waals surface area contributed by atoms with Crippen molar-refractivity contribution in [2.75, 3.05) is 37.4 Å². The Labute approximate surface area is 232 Å². The number of sulfonamides is 1. The summed E-state index contributed by atoms with van der Waals surface area (Å²) in [6.45, 7) is 1.90. The molecular weight excluding hydrogens is 555 g/mol.